The lowest BCUT2D eigenvalue weighted by Gasteiger charge is -2.19. The summed E-state index contributed by atoms with van der Waals surface area (Å²) in [6.07, 6.45) is -0.227. The molecule has 0 aliphatic heterocycles. The van der Waals surface area contributed by atoms with Crippen LogP contribution in [0.25, 0.3) is 0 Å². The molecule has 0 aliphatic carbocycles. The number of nitrogens with one attached hydrogen (secondary N) is 1. The Kier molecular flexibility index (Phi) is 6.43. The molecule has 0 saturated carbocycles. The van der Waals surface area contributed by atoms with E-state index >= 15 is 0 Å². The highest BCUT2D eigenvalue weighted by Crippen LogP contribution is 2.22. The summed E-state index contributed by atoms with van der Waals surface area (Å²) in [5.74, 6) is 0.819. The zero-order valence-corrected chi connectivity index (χ0v) is 10.7. The maximum absolute atomic E-state index is 5.45. The molecule has 0 bridgehead atoms. The van der Waals surface area contributed by atoms with Crippen LogP contribution in [0.15, 0.2) is 24.3 Å². The molecule has 17 heavy (non-hydrogen) atoms. The summed E-state index contributed by atoms with van der Waals surface area (Å²) in [6, 6.07) is 7.78. The second-order valence-corrected chi connectivity index (χ2v) is 3.42. The van der Waals surface area contributed by atoms with Gasteiger partial charge in [-0.2, -0.15) is 0 Å². The summed E-state index contributed by atoms with van der Waals surface area (Å²) >= 11 is 0. The van der Waals surface area contributed by atoms with Gasteiger partial charge in [-0.3, -0.25) is 0 Å². The minimum atomic E-state index is -0.227. The molecule has 0 spiro atoms. The predicted octanol–water partition coefficient (Wildman–Crippen LogP) is 2.51. The van der Waals surface area contributed by atoms with E-state index in [1.54, 1.807) is 7.11 Å². The number of anilines is 1. The van der Waals surface area contributed by atoms with E-state index in [2.05, 4.69) is 5.32 Å². The normalized spacial score (nSPS) is 10.6. The van der Waals surface area contributed by atoms with Gasteiger partial charge in [-0.05, 0) is 26.0 Å². The fraction of sp³-hybridized carbons (Fsp3) is 0.538. The van der Waals surface area contributed by atoms with Crippen LogP contribution in [0.1, 0.15) is 13.8 Å². The Morgan fingerprint density at radius 2 is 1.76 bits per heavy atom. The highest BCUT2D eigenvalue weighted by atomic mass is 16.7. The predicted molar refractivity (Wildman–Crippen MR) is 68.5 cm³/mol. The molecule has 0 amide bonds. The number of ether oxygens (including phenoxy) is 3. The van der Waals surface area contributed by atoms with Gasteiger partial charge in [-0.25, -0.2) is 0 Å². The summed E-state index contributed by atoms with van der Waals surface area (Å²) in [6.45, 7) is 5.78. The van der Waals surface area contributed by atoms with Crippen LogP contribution >= 0.6 is 0 Å². The lowest BCUT2D eigenvalue weighted by atomic mass is 10.3. The topological polar surface area (TPSA) is 39.7 Å². The molecular weight excluding hydrogens is 218 g/mol. The largest absolute Gasteiger partial charge is 0.495 e. The van der Waals surface area contributed by atoms with Gasteiger partial charge in [0.2, 0.25) is 0 Å². The first-order valence-corrected chi connectivity index (χ1v) is 5.91. The molecule has 96 valence electrons. The fourth-order valence-electron chi connectivity index (χ4n) is 1.52. The van der Waals surface area contributed by atoms with Crippen molar-refractivity contribution in [3.8, 4) is 5.75 Å². The molecule has 4 heteroatoms. The van der Waals surface area contributed by atoms with Gasteiger partial charge in [0.25, 0.3) is 0 Å². The third-order valence-corrected chi connectivity index (χ3v) is 2.27. The summed E-state index contributed by atoms with van der Waals surface area (Å²) < 4.78 is 16.2. The van der Waals surface area contributed by atoms with Crippen LogP contribution in [0, 0.1) is 0 Å². The Morgan fingerprint density at radius 3 is 2.35 bits per heavy atom. The summed E-state index contributed by atoms with van der Waals surface area (Å²) in [5.41, 5.74) is 0.944. The van der Waals surface area contributed by atoms with E-state index in [0.717, 1.165) is 11.4 Å². The van der Waals surface area contributed by atoms with Crippen LogP contribution in [0.5, 0.6) is 5.75 Å². The lowest BCUT2D eigenvalue weighted by molar-refractivity contribution is -0.126. The third kappa shape index (κ3) is 4.63. The molecule has 1 rings (SSSR count). The van der Waals surface area contributed by atoms with Gasteiger partial charge in [0.1, 0.15) is 5.75 Å². The smallest absolute Gasteiger partial charge is 0.174 e. The van der Waals surface area contributed by atoms with Crippen molar-refractivity contribution < 1.29 is 14.2 Å². The number of hydrogen-bond donors (Lipinski definition) is 1. The van der Waals surface area contributed by atoms with Gasteiger partial charge < -0.3 is 19.5 Å². The molecule has 4 nitrogen and oxygen atoms in total. The second-order valence-electron chi connectivity index (χ2n) is 3.42. The molecule has 0 unspecified atom stereocenters. The Labute approximate surface area is 103 Å². The van der Waals surface area contributed by atoms with E-state index in [1.807, 2.05) is 38.1 Å². The average Bonchev–Trinajstić information content (AvgIpc) is 2.37. The number of benzene rings is 1. The Balaban J connectivity index is 2.52. The molecule has 0 aliphatic rings. The number of methoxy groups -OCH3 is 1. The molecule has 1 N–H and O–H groups in total. The Bertz CT molecular complexity index is 311. The molecule has 0 radical (unpaired) electrons. The summed E-state index contributed by atoms with van der Waals surface area (Å²) in [4.78, 5) is 0. The third-order valence-electron chi connectivity index (χ3n) is 2.27. The van der Waals surface area contributed by atoms with Gasteiger partial charge in [-0.1, -0.05) is 12.1 Å². The molecule has 1 aromatic carbocycles. The maximum Gasteiger partial charge on any atom is 0.174 e. The van der Waals surface area contributed by atoms with Crippen LogP contribution in [-0.4, -0.2) is 33.2 Å². The molecule has 1 aromatic rings. The first-order valence-electron chi connectivity index (χ1n) is 5.91. The van der Waals surface area contributed by atoms with Gasteiger partial charge >= 0.3 is 0 Å². The fourth-order valence-corrected chi connectivity index (χ4v) is 1.52. The molecule has 0 aromatic heterocycles. The SMILES string of the molecule is CCOC(CNc1ccccc1OC)OCC. The highest BCUT2D eigenvalue weighted by Gasteiger charge is 2.08. The van der Waals surface area contributed by atoms with Crippen LogP contribution < -0.4 is 10.1 Å². The van der Waals surface area contributed by atoms with Crippen molar-refractivity contribution in [2.24, 2.45) is 0 Å². The number of para-hydroxylation sites is 2. The van der Waals surface area contributed by atoms with Crippen molar-refractivity contribution in [1.29, 1.82) is 0 Å². The maximum atomic E-state index is 5.45. The highest BCUT2D eigenvalue weighted by molar-refractivity contribution is 5.56. The zero-order chi connectivity index (χ0) is 12.5. The van der Waals surface area contributed by atoms with Crippen LogP contribution in [-0.2, 0) is 9.47 Å². The standard InChI is InChI=1S/C13H21NO3/c1-4-16-13(17-5-2)10-14-11-8-6-7-9-12(11)15-3/h6-9,13-14H,4-5,10H2,1-3H3. The minimum Gasteiger partial charge on any atom is -0.495 e. The molecule has 0 fully saturated rings. The minimum absolute atomic E-state index is 0.227. The monoisotopic (exact) mass is 239 g/mol. The van der Waals surface area contributed by atoms with Gasteiger partial charge in [0.15, 0.2) is 6.29 Å². The van der Waals surface area contributed by atoms with Crippen molar-refractivity contribution in [3.63, 3.8) is 0 Å². The van der Waals surface area contributed by atoms with Gasteiger partial charge in [0.05, 0.1) is 19.3 Å². The van der Waals surface area contributed by atoms with Crippen molar-refractivity contribution in [3.05, 3.63) is 24.3 Å². The molecular formula is C13H21NO3. The Hall–Kier alpha value is -1.26. The van der Waals surface area contributed by atoms with Crippen LogP contribution in [0.4, 0.5) is 5.69 Å². The van der Waals surface area contributed by atoms with Crippen LogP contribution in [0.3, 0.4) is 0 Å². The molecule has 0 saturated heterocycles. The lowest BCUT2D eigenvalue weighted by Crippen LogP contribution is -2.26. The van der Waals surface area contributed by atoms with E-state index in [9.17, 15) is 0 Å². The van der Waals surface area contributed by atoms with E-state index < -0.39 is 0 Å². The number of hydrogen-bond acceptors (Lipinski definition) is 4. The van der Waals surface area contributed by atoms with Crippen LogP contribution in [0.2, 0.25) is 0 Å². The van der Waals surface area contributed by atoms with Gasteiger partial charge in [-0.15, -0.1) is 0 Å². The van der Waals surface area contributed by atoms with Crippen molar-refractivity contribution in [2.45, 2.75) is 20.1 Å². The second kappa shape index (κ2) is 7.92. The first kappa shape index (κ1) is 13.8. The van der Waals surface area contributed by atoms with E-state index in [1.165, 1.54) is 0 Å². The average molecular weight is 239 g/mol. The molecule has 0 heterocycles. The zero-order valence-electron chi connectivity index (χ0n) is 10.7. The van der Waals surface area contributed by atoms with E-state index in [0.29, 0.717) is 19.8 Å². The summed E-state index contributed by atoms with van der Waals surface area (Å²) in [5, 5.41) is 3.26. The Morgan fingerprint density at radius 1 is 1.12 bits per heavy atom. The summed E-state index contributed by atoms with van der Waals surface area (Å²) in [7, 11) is 1.66. The first-order chi connectivity index (χ1) is 8.31. The molecule has 0 atom stereocenters. The van der Waals surface area contributed by atoms with Crippen molar-refractivity contribution >= 4 is 5.69 Å². The van der Waals surface area contributed by atoms with Gasteiger partial charge in [0, 0.05) is 13.2 Å². The number of rotatable bonds is 8. The van der Waals surface area contributed by atoms with E-state index in [4.69, 9.17) is 14.2 Å². The van der Waals surface area contributed by atoms with E-state index in [-0.39, 0.29) is 6.29 Å². The van der Waals surface area contributed by atoms with Crippen molar-refractivity contribution in [2.75, 3.05) is 32.2 Å². The quantitative estimate of drug-likeness (QED) is 0.708. The van der Waals surface area contributed by atoms with Crippen molar-refractivity contribution in [1.82, 2.24) is 0 Å².